The molecular formula is C29H34F2N4O6. The van der Waals surface area contributed by atoms with Gasteiger partial charge >= 0.3 is 6.03 Å². The van der Waals surface area contributed by atoms with Crippen molar-refractivity contribution in [2.24, 2.45) is 0 Å². The second-order valence-electron chi connectivity index (χ2n) is 10.6. The summed E-state index contributed by atoms with van der Waals surface area (Å²) in [5, 5.41) is 18.9. The molecule has 5 atom stereocenters. The monoisotopic (exact) mass is 572 g/mol. The number of aliphatic hydroxyl groups is 1. The lowest BCUT2D eigenvalue weighted by Crippen LogP contribution is -2.52. The fourth-order valence-electron chi connectivity index (χ4n) is 5.61. The fourth-order valence-corrected chi connectivity index (χ4v) is 5.61. The van der Waals surface area contributed by atoms with Gasteiger partial charge in [0.2, 0.25) is 5.91 Å². The molecule has 4 amide bonds. The molecule has 0 aliphatic carbocycles. The zero-order chi connectivity index (χ0) is 29.1. The predicted octanol–water partition coefficient (Wildman–Crippen LogP) is 2.34. The summed E-state index contributed by atoms with van der Waals surface area (Å²) in [4.78, 5) is 40.8. The molecule has 0 unspecified atom stereocenters. The topological polar surface area (TPSA) is 129 Å². The van der Waals surface area contributed by atoms with Gasteiger partial charge < -0.3 is 35.4 Å². The normalized spacial score (nSPS) is 26.8. The molecule has 3 aliphatic heterocycles. The van der Waals surface area contributed by atoms with Crippen molar-refractivity contribution >= 4 is 17.8 Å². The number of aliphatic hydroxyl groups excluding tert-OH is 1. The van der Waals surface area contributed by atoms with Gasteiger partial charge in [0.15, 0.2) is 0 Å². The first-order valence-electron chi connectivity index (χ1n) is 13.9. The first kappa shape index (κ1) is 28.7. The van der Waals surface area contributed by atoms with Crippen molar-refractivity contribution in [2.75, 3.05) is 26.2 Å². The maximum absolute atomic E-state index is 14.6. The summed E-state index contributed by atoms with van der Waals surface area (Å²) in [7, 11) is 0. The van der Waals surface area contributed by atoms with Crippen LogP contribution in [0.1, 0.15) is 43.0 Å². The molecular weight excluding hydrogens is 538 g/mol. The van der Waals surface area contributed by atoms with E-state index in [4.69, 9.17) is 9.47 Å². The highest BCUT2D eigenvalue weighted by Gasteiger charge is 2.41. The second kappa shape index (κ2) is 12.4. The second-order valence-corrected chi connectivity index (χ2v) is 10.6. The third-order valence-corrected chi connectivity index (χ3v) is 7.75. The first-order valence-corrected chi connectivity index (χ1v) is 13.9. The lowest BCUT2D eigenvalue weighted by Gasteiger charge is -2.34. The van der Waals surface area contributed by atoms with Gasteiger partial charge in [-0.2, -0.15) is 0 Å². The van der Waals surface area contributed by atoms with E-state index in [9.17, 15) is 28.3 Å². The Labute approximate surface area is 236 Å². The summed E-state index contributed by atoms with van der Waals surface area (Å²) in [6.07, 6.45) is 0.0546. The predicted molar refractivity (Wildman–Crippen MR) is 144 cm³/mol. The van der Waals surface area contributed by atoms with Crippen LogP contribution in [0.15, 0.2) is 36.4 Å². The molecule has 2 aromatic carbocycles. The van der Waals surface area contributed by atoms with Crippen LogP contribution in [-0.2, 0) is 9.53 Å². The van der Waals surface area contributed by atoms with Gasteiger partial charge in [-0.1, -0.05) is 6.07 Å². The number of fused-ring (bicyclic) bond motifs is 5. The fraction of sp³-hybridized carbons (Fsp3) is 0.483. The Bertz CT molecular complexity index is 1310. The Morgan fingerprint density at radius 1 is 1.12 bits per heavy atom. The number of nitrogens with zero attached hydrogens (tertiary/aromatic N) is 1. The molecule has 4 N–H and O–H groups in total. The number of urea groups is 1. The highest BCUT2D eigenvalue weighted by Crippen LogP contribution is 2.31. The van der Waals surface area contributed by atoms with Gasteiger partial charge in [-0.25, -0.2) is 13.6 Å². The van der Waals surface area contributed by atoms with Crippen molar-refractivity contribution in [1.29, 1.82) is 0 Å². The zero-order valence-corrected chi connectivity index (χ0v) is 22.7. The molecule has 0 radical (unpaired) electrons. The summed E-state index contributed by atoms with van der Waals surface area (Å²) in [6.45, 7) is 2.49. The van der Waals surface area contributed by atoms with Gasteiger partial charge in [-0.05, 0) is 56.0 Å². The first-order chi connectivity index (χ1) is 19.7. The molecule has 3 aliphatic rings. The molecule has 220 valence electrons. The number of rotatable bonds is 2. The van der Waals surface area contributed by atoms with Crippen molar-refractivity contribution in [1.82, 2.24) is 20.9 Å². The molecule has 0 spiro atoms. The van der Waals surface area contributed by atoms with Crippen LogP contribution in [0.25, 0.3) is 11.1 Å². The third-order valence-electron chi connectivity index (χ3n) is 7.75. The quantitative estimate of drug-likeness (QED) is 0.437. The van der Waals surface area contributed by atoms with Gasteiger partial charge in [0.05, 0.1) is 24.4 Å². The van der Waals surface area contributed by atoms with Gasteiger partial charge in [-0.15, -0.1) is 0 Å². The average Bonchev–Trinajstić information content (AvgIpc) is 3.36. The van der Waals surface area contributed by atoms with E-state index in [1.807, 2.05) is 0 Å². The van der Waals surface area contributed by atoms with Crippen LogP contribution in [0, 0.1) is 11.6 Å². The summed E-state index contributed by atoms with van der Waals surface area (Å²) in [5.74, 6) is -2.11. The van der Waals surface area contributed by atoms with Crippen molar-refractivity contribution in [3.8, 4) is 16.9 Å². The minimum absolute atomic E-state index is 0.0730. The SMILES string of the molecule is CCNC(=O)N1C[C@@H]2C[C@H]1C(=O)NC[C@H]1O[C@H](CCOc3cc(-c4ccc(F)cc4F)ccc3C(=O)N2)CC[C@@H]1O. The van der Waals surface area contributed by atoms with E-state index in [1.54, 1.807) is 13.0 Å². The number of hydrogen-bond acceptors (Lipinski definition) is 6. The molecule has 12 heteroatoms. The van der Waals surface area contributed by atoms with E-state index in [2.05, 4.69) is 16.0 Å². The summed E-state index contributed by atoms with van der Waals surface area (Å²) in [6, 6.07) is 6.08. The molecule has 10 nitrogen and oxygen atoms in total. The van der Waals surface area contributed by atoms with E-state index in [-0.39, 0.29) is 49.1 Å². The number of amides is 4. The molecule has 2 aromatic rings. The van der Waals surface area contributed by atoms with Crippen LogP contribution >= 0.6 is 0 Å². The standard InChI is InChI=1S/C29H34F2N4O6/c1-2-32-29(39)35-15-18-13-23(35)28(38)33-14-26-24(36)8-5-19(41-26)9-10-40-25-11-16(3-6-21(25)27(37)34-18)20-7-4-17(30)12-22(20)31/h3-4,6-7,11-12,18-19,23-24,26,36H,2,5,8-10,13-15H2,1H3,(H,32,39)(H,33,38)(H,34,37)/t18-,19-,23-,24-,26+/m0/s1. The van der Waals surface area contributed by atoms with E-state index in [1.165, 1.54) is 23.1 Å². The number of nitrogens with one attached hydrogen (secondary N) is 3. The maximum Gasteiger partial charge on any atom is 0.318 e. The number of ether oxygens (including phenoxy) is 2. The van der Waals surface area contributed by atoms with Crippen LogP contribution in [0.5, 0.6) is 5.75 Å². The molecule has 0 saturated carbocycles. The number of likely N-dealkylation sites (tertiary alicyclic amines) is 1. The van der Waals surface area contributed by atoms with Gasteiger partial charge in [0.1, 0.15) is 29.5 Å². The Morgan fingerprint density at radius 3 is 2.71 bits per heavy atom. The minimum atomic E-state index is -0.837. The summed E-state index contributed by atoms with van der Waals surface area (Å²) in [5.41, 5.74) is 0.749. The molecule has 4 bridgehead atoms. The van der Waals surface area contributed by atoms with Gasteiger partial charge in [-0.3, -0.25) is 9.59 Å². The van der Waals surface area contributed by atoms with E-state index >= 15 is 0 Å². The van der Waals surface area contributed by atoms with Crippen LogP contribution in [-0.4, -0.2) is 84.5 Å². The molecule has 2 fully saturated rings. The number of carbonyl (C=O) groups excluding carboxylic acids is 3. The Morgan fingerprint density at radius 2 is 1.93 bits per heavy atom. The number of carbonyl (C=O) groups is 3. The highest BCUT2D eigenvalue weighted by atomic mass is 19.1. The molecule has 2 saturated heterocycles. The summed E-state index contributed by atoms with van der Waals surface area (Å²) >= 11 is 0. The van der Waals surface area contributed by atoms with Gasteiger partial charge in [0.25, 0.3) is 5.91 Å². The van der Waals surface area contributed by atoms with Crippen LogP contribution in [0.3, 0.4) is 0 Å². The molecule has 3 heterocycles. The van der Waals surface area contributed by atoms with Crippen LogP contribution in [0.4, 0.5) is 13.6 Å². The van der Waals surface area contributed by atoms with Crippen molar-refractivity contribution < 1.29 is 37.7 Å². The molecule has 0 aromatic heterocycles. The van der Waals surface area contributed by atoms with Crippen molar-refractivity contribution in [3.63, 3.8) is 0 Å². The van der Waals surface area contributed by atoms with Crippen molar-refractivity contribution in [3.05, 3.63) is 53.6 Å². The molecule has 41 heavy (non-hydrogen) atoms. The molecule has 5 rings (SSSR count). The average molecular weight is 573 g/mol. The van der Waals surface area contributed by atoms with Gasteiger partial charge in [0, 0.05) is 43.7 Å². The number of halogens is 2. The smallest absolute Gasteiger partial charge is 0.318 e. The Balaban J connectivity index is 1.46. The Kier molecular flexibility index (Phi) is 8.69. The lowest BCUT2D eigenvalue weighted by atomic mass is 9.99. The lowest BCUT2D eigenvalue weighted by molar-refractivity contribution is -0.133. The van der Waals surface area contributed by atoms with Crippen molar-refractivity contribution in [2.45, 2.75) is 63.0 Å². The third kappa shape index (κ3) is 6.43. The van der Waals surface area contributed by atoms with Crippen LogP contribution < -0.4 is 20.7 Å². The Hall–Kier alpha value is -3.77. The number of benzene rings is 2. The van der Waals surface area contributed by atoms with E-state index < -0.39 is 53.8 Å². The van der Waals surface area contributed by atoms with E-state index in [0.29, 0.717) is 31.4 Å². The zero-order valence-electron chi connectivity index (χ0n) is 22.7. The highest BCUT2D eigenvalue weighted by molar-refractivity contribution is 5.98. The summed E-state index contributed by atoms with van der Waals surface area (Å²) < 4.78 is 40.2. The number of hydrogen-bond donors (Lipinski definition) is 4. The maximum atomic E-state index is 14.6. The van der Waals surface area contributed by atoms with Crippen LogP contribution in [0.2, 0.25) is 0 Å². The van der Waals surface area contributed by atoms with E-state index in [0.717, 1.165) is 12.1 Å². The largest absolute Gasteiger partial charge is 0.493 e. The minimum Gasteiger partial charge on any atom is -0.493 e.